The number of rotatable bonds is 17. The van der Waals surface area contributed by atoms with E-state index in [0.717, 1.165) is 56.3 Å². The molecule has 0 aromatic heterocycles. The zero-order chi connectivity index (χ0) is 37.9. The molecule has 2 saturated heterocycles. The Morgan fingerprint density at radius 2 is 1.18 bits per heavy atom. The SMILES string of the molecule is C/C=[N+](/[O-])CCCC.CCC(C)N(C)C.CCCCN(C)C.CCCCN1CCN(C)CC1.CCCCN1CCN(CCOC(C)=O)CC1. The van der Waals surface area contributed by atoms with Crippen LogP contribution in [0.1, 0.15) is 113 Å². The molecule has 10 heteroatoms. The Morgan fingerprint density at radius 1 is 0.755 bits per heavy atom. The molecule has 0 amide bonds. The summed E-state index contributed by atoms with van der Waals surface area (Å²) in [5, 5.41) is 10.4. The van der Waals surface area contributed by atoms with Gasteiger partial charge in [0.1, 0.15) is 12.8 Å². The topological polar surface area (TPSA) is 71.8 Å². The minimum atomic E-state index is -0.179. The van der Waals surface area contributed by atoms with E-state index in [-0.39, 0.29) is 5.97 Å². The lowest BCUT2D eigenvalue weighted by atomic mass is 10.2. The summed E-state index contributed by atoms with van der Waals surface area (Å²) in [5.41, 5.74) is 0. The summed E-state index contributed by atoms with van der Waals surface area (Å²) >= 11 is 0. The highest BCUT2D eigenvalue weighted by Crippen LogP contribution is 2.03. The van der Waals surface area contributed by atoms with Gasteiger partial charge in [-0.25, -0.2) is 4.74 Å². The molecular formula is C39H87N7O3. The summed E-state index contributed by atoms with van der Waals surface area (Å²) in [4.78, 5) is 24.9. The van der Waals surface area contributed by atoms with Crippen molar-refractivity contribution in [1.29, 1.82) is 0 Å². The van der Waals surface area contributed by atoms with E-state index >= 15 is 0 Å². The quantitative estimate of drug-likeness (QED) is 0.0590. The Hall–Kier alpha value is -1.30. The van der Waals surface area contributed by atoms with Crippen molar-refractivity contribution in [3.05, 3.63) is 5.21 Å². The lowest BCUT2D eigenvalue weighted by molar-refractivity contribution is -0.453. The Bertz CT molecular complexity index is 706. The molecule has 2 heterocycles. The second-order valence-corrected chi connectivity index (χ2v) is 14.0. The highest BCUT2D eigenvalue weighted by Gasteiger charge is 2.16. The highest BCUT2D eigenvalue weighted by molar-refractivity contribution is 5.65. The number of carbonyl (C=O) groups excluding carboxylic acids is 1. The van der Waals surface area contributed by atoms with Gasteiger partial charge < -0.3 is 34.4 Å². The van der Waals surface area contributed by atoms with Crippen LogP contribution in [0, 0.1) is 5.21 Å². The van der Waals surface area contributed by atoms with Gasteiger partial charge in [-0.3, -0.25) is 9.69 Å². The first-order chi connectivity index (χ1) is 23.3. The van der Waals surface area contributed by atoms with E-state index in [9.17, 15) is 10.0 Å². The molecule has 1 atom stereocenters. The van der Waals surface area contributed by atoms with E-state index in [1.807, 2.05) is 0 Å². The first-order valence-corrected chi connectivity index (χ1v) is 19.8. The molecule has 1 unspecified atom stereocenters. The van der Waals surface area contributed by atoms with Crippen LogP contribution in [0.4, 0.5) is 0 Å². The molecule has 49 heavy (non-hydrogen) atoms. The standard InChI is InChI=1S/C12H24N2O2.C9H20N2.C6H13NO.2C6H15N/c1-3-4-5-13-6-8-14(9-7-13)10-11-16-12(2)15;1-3-4-5-11-8-6-10(2)7-9-11;1-3-5-6-7(8)4-2;1-5-6(2)7(3)4;1-4-5-6-7(2)3/h3-11H2,1-2H3;3-9H2,1-2H3;4H,3,5-6H2,1-2H3;6H,5H2,1-4H3;4-6H2,1-3H3/b;;7-4+;;. The molecule has 0 N–H and O–H groups in total. The molecule has 10 nitrogen and oxygen atoms in total. The van der Waals surface area contributed by atoms with E-state index in [1.165, 1.54) is 97.7 Å². The summed E-state index contributed by atoms with van der Waals surface area (Å²) in [6, 6.07) is 0.736. The predicted octanol–water partition coefficient (Wildman–Crippen LogP) is 6.08. The largest absolute Gasteiger partial charge is 0.624 e. The maximum Gasteiger partial charge on any atom is 0.302 e. The van der Waals surface area contributed by atoms with Gasteiger partial charge in [0.2, 0.25) is 0 Å². The number of unbranched alkanes of at least 4 members (excludes halogenated alkanes) is 4. The van der Waals surface area contributed by atoms with Crippen molar-refractivity contribution in [3.63, 3.8) is 0 Å². The molecule has 2 fully saturated rings. The first kappa shape index (κ1) is 52.1. The summed E-state index contributed by atoms with van der Waals surface area (Å²) in [6.45, 7) is 31.8. The number of esters is 1. The smallest absolute Gasteiger partial charge is 0.302 e. The molecule has 0 saturated carbocycles. The van der Waals surface area contributed by atoms with Crippen LogP contribution >= 0.6 is 0 Å². The minimum Gasteiger partial charge on any atom is -0.624 e. The van der Waals surface area contributed by atoms with Gasteiger partial charge in [0, 0.05) is 85.2 Å². The molecular weight excluding hydrogens is 614 g/mol. The van der Waals surface area contributed by atoms with Crippen LogP contribution in [0.15, 0.2) is 0 Å². The van der Waals surface area contributed by atoms with Crippen molar-refractivity contribution < 1.29 is 14.3 Å². The Balaban J connectivity index is -0.000000566. The summed E-state index contributed by atoms with van der Waals surface area (Å²) < 4.78 is 5.90. The number of hydroxylamine groups is 1. The zero-order valence-corrected chi connectivity index (χ0v) is 35.3. The molecule has 0 aliphatic carbocycles. The minimum absolute atomic E-state index is 0.179. The van der Waals surface area contributed by atoms with Gasteiger partial charge in [-0.15, -0.1) is 0 Å². The number of carbonyl (C=O) groups is 1. The summed E-state index contributed by atoms with van der Waals surface area (Å²) in [6.07, 6.45) is 12.8. The Labute approximate surface area is 306 Å². The normalized spacial score (nSPS) is 16.7. The molecule has 0 spiro atoms. The van der Waals surface area contributed by atoms with Crippen LogP contribution in [0.2, 0.25) is 0 Å². The molecule has 2 aliphatic heterocycles. The third-order valence-electron chi connectivity index (χ3n) is 8.88. The number of hydrogen-bond donors (Lipinski definition) is 0. The first-order valence-electron chi connectivity index (χ1n) is 19.8. The van der Waals surface area contributed by atoms with Crippen molar-refractivity contribution in [2.45, 2.75) is 119 Å². The van der Waals surface area contributed by atoms with Crippen LogP contribution in [-0.4, -0.2) is 179 Å². The molecule has 0 radical (unpaired) electrons. The third kappa shape index (κ3) is 39.3. The van der Waals surface area contributed by atoms with Gasteiger partial charge in [0.05, 0.1) is 0 Å². The van der Waals surface area contributed by atoms with Crippen LogP contribution in [-0.2, 0) is 9.53 Å². The lowest BCUT2D eigenvalue weighted by Gasteiger charge is -2.34. The number of ether oxygens (including phenoxy) is 1. The maximum atomic E-state index is 10.6. The maximum absolute atomic E-state index is 10.6. The van der Waals surface area contributed by atoms with Crippen molar-refractivity contribution in [3.8, 4) is 0 Å². The highest BCUT2D eigenvalue weighted by atomic mass is 16.5. The van der Waals surface area contributed by atoms with Gasteiger partial charge in [-0.2, -0.15) is 0 Å². The molecule has 0 aromatic rings. The van der Waals surface area contributed by atoms with Gasteiger partial charge in [-0.1, -0.05) is 60.3 Å². The Kier molecular flexibility index (Phi) is 40.3. The number of likely N-dealkylation sites (N-methyl/N-ethyl adjacent to an activating group) is 1. The second-order valence-electron chi connectivity index (χ2n) is 14.0. The second kappa shape index (κ2) is 37.9. The fraction of sp³-hybridized carbons (Fsp3) is 0.949. The summed E-state index contributed by atoms with van der Waals surface area (Å²) in [7, 11) is 10.6. The monoisotopic (exact) mass is 702 g/mol. The van der Waals surface area contributed by atoms with E-state index in [4.69, 9.17) is 4.74 Å². The lowest BCUT2D eigenvalue weighted by Crippen LogP contribution is -2.47. The van der Waals surface area contributed by atoms with Crippen LogP contribution in [0.5, 0.6) is 0 Å². The fourth-order valence-corrected chi connectivity index (χ4v) is 4.67. The molecule has 2 rings (SSSR count). The van der Waals surface area contributed by atoms with Gasteiger partial charge in [-0.05, 0) is 87.5 Å². The number of piperazine rings is 2. The van der Waals surface area contributed by atoms with E-state index in [1.54, 1.807) is 13.1 Å². The molecule has 296 valence electrons. The van der Waals surface area contributed by atoms with Crippen molar-refractivity contribution >= 4 is 12.2 Å². The van der Waals surface area contributed by atoms with Gasteiger partial charge in [0.15, 0.2) is 6.54 Å². The number of nitrogens with zero attached hydrogens (tertiary/aromatic N) is 7. The van der Waals surface area contributed by atoms with Gasteiger partial charge in [0.25, 0.3) is 0 Å². The van der Waals surface area contributed by atoms with E-state index < -0.39 is 0 Å². The Morgan fingerprint density at radius 3 is 1.49 bits per heavy atom. The zero-order valence-electron chi connectivity index (χ0n) is 35.3. The van der Waals surface area contributed by atoms with Crippen LogP contribution < -0.4 is 0 Å². The van der Waals surface area contributed by atoms with E-state index in [2.05, 4.69) is 106 Å². The molecule has 0 aromatic carbocycles. The van der Waals surface area contributed by atoms with E-state index in [0.29, 0.717) is 13.2 Å². The van der Waals surface area contributed by atoms with Crippen LogP contribution in [0.3, 0.4) is 0 Å². The number of hydrogen-bond acceptors (Lipinski definition) is 9. The van der Waals surface area contributed by atoms with Crippen molar-refractivity contribution in [2.24, 2.45) is 0 Å². The summed E-state index contributed by atoms with van der Waals surface area (Å²) in [5.74, 6) is -0.179. The van der Waals surface area contributed by atoms with Gasteiger partial charge >= 0.3 is 5.97 Å². The average molecular weight is 702 g/mol. The fourth-order valence-electron chi connectivity index (χ4n) is 4.67. The molecule has 0 bridgehead atoms. The van der Waals surface area contributed by atoms with Crippen molar-refractivity contribution in [2.75, 3.05) is 127 Å². The molecule has 2 aliphatic rings. The average Bonchev–Trinajstić information content (AvgIpc) is 3.09. The van der Waals surface area contributed by atoms with Crippen LogP contribution in [0.25, 0.3) is 0 Å². The third-order valence-corrected chi connectivity index (χ3v) is 8.88. The predicted molar refractivity (Wildman–Crippen MR) is 215 cm³/mol. The van der Waals surface area contributed by atoms with Crippen molar-refractivity contribution in [1.82, 2.24) is 29.4 Å².